The third-order valence-corrected chi connectivity index (χ3v) is 3.04. The minimum absolute atomic E-state index is 0.218. The topological polar surface area (TPSA) is 41.4 Å². The van der Waals surface area contributed by atoms with Gasteiger partial charge in [0.2, 0.25) is 0 Å². The zero-order valence-electron chi connectivity index (χ0n) is 12.2. The molecule has 0 unspecified atom stereocenters. The van der Waals surface area contributed by atoms with Gasteiger partial charge in [-0.2, -0.15) is 0 Å². The van der Waals surface area contributed by atoms with Crippen molar-refractivity contribution in [1.29, 1.82) is 0 Å². The van der Waals surface area contributed by atoms with Crippen molar-refractivity contribution in [1.82, 2.24) is 15.2 Å². The monoisotopic (exact) mass is 288 g/mol. The van der Waals surface area contributed by atoms with E-state index in [2.05, 4.69) is 20.2 Å². The van der Waals surface area contributed by atoms with Gasteiger partial charge in [-0.3, -0.25) is 0 Å². The quantitative estimate of drug-likeness (QED) is 0.633. The van der Waals surface area contributed by atoms with Gasteiger partial charge in [-0.1, -0.05) is 18.2 Å². The van der Waals surface area contributed by atoms with Crippen LogP contribution in [0.5, 0.6) is 0 Å². The zero-order valence-corrected chi connectivity index (χ0v) is 12.2. The van der Waals surface area contributed by atoms with Crippen LogP contribution in [0.2, 0.25) is 0 Å². The molecule has 2 N–H and O–H groups in total. The zero-order chi connectivity index (χ0) is 14.9. The Bertz CT molecular complexity index is 563. The van der Waals surface area contributed by atoms with Crippen LogP contribution in [0.3, 0.4) is 0 Å². The second kappa shape index (κ2) is 8.09. The standard InChI is InChI=1S/C16H21FN4/c1-2-18-16(19-9-12-21-10-5-6-11-21)20-13-14-7-3-4-8-15(14)17/h3-8,10-11H,2,9,12-13H2,1H3,(H2,18,19,20). The van der Waals surface area contributed by atoms with Gasteiger partial charge in [0.15, 0.2) is 5.96 Å². The molecule has 2 rings (SSSR count). The molecule has 0 amide bonds. The Hall–Kier alpha value is -2.30. The maximum absolute atomic E-state index is 13.6. The molecule has 5 heteroatoms. The van der Waals surface area contributed by atoms with Crippen LogP contribution < -0.4 is 10.6 Å². The summed E-state index contributed by atoms with van der Waals surface area (Å²) in [6.07, 6.45) is 4.04. The number of halogens is 1. The maximum atomic E-state index is 13.6. The minimum atomic E-state index is -0.218. The molecule has 0 saturated heterocycles. The lowest BCUT2D eigenvalue weighted by Gasteiger charge is -2.11. The fourth-order valence-electron chi connectivity index (χ4n) is 1.96. The number of aliphatic imine (C=N–C) groups is 1. The lowest BCUT2D eigenvalue weighted by atomic mass is 10.2. The molecule has 0 saturated carbocycles. The Balaban J connectivity index is 1.88. The van der Waals surface area contributed by atoms with Crippen LogP contribution in [0.1, 0.15) is 12.5 Å². The van der Waals surface area contributed by atoms with Gasteiger partial charge in [0.25, 0.3) is 0 Å². The third kappa shape index (κ3) is 4.95. The van der Waals surface area contributed by atoms with Gasteiger partial charge >= 0.3 is 0 Å². The van der Waals surface area contributed by atoms with Gasteiger partial charge < -0.3 is 15.2 Å². The SMILES string of the molecule is CCNC(=NCc1ccccc1F)NCCn1cccc1. The van der Waals surface area contributed by atoms with Crippen molar-refractivity contribution < 1.29 is 4.39 Å². The van der Waals surface area contributed by atoms with Crippen molar-refractivity contribution in [2.75, 3.05) is 13.1 Å². The van der Waals surface area contributed by atoms with E-state index in [4.69, 9.17) is 0 Å². The van der Waals surface area contributed by atoms with E-state index >= 15 is 0 Å². The number of nitrogens with zero attached hydrogens (tertiary/aromatic N) is 2. The molecular weight excluding hydrogens is 267 g/mol. The number of hydrogen-bond acceptors (Lipinski definition) is 1. The molecule has 0 aliphatic carbocycles. The lowest BCUT2D eigenvalue weighted by Crippen LogP contribution is -2.38. The van der Waals surface area contributed by atoms with Gasteiger partial charge in [-0.15, -0.1) is 0 Å². The minimum Gasteiger partial charge on any atom is -0.357 e. The number of hydrogen-bond donors (Lipinski definition) is 2. The second-order valence-corrected chi connectivity index (χ2v) is 4.63. The molecule has 1 aromatic heterocycles. The summed E-state index contributed by atoms with van der Waals surface area (Å²) >= 11 is 0. The van der Waals surface area contributed by atoms with Gasteiger partial charge in [-0.25, -0.2) is 9.38 Å². The molecule has 112 valence electrons. The average molecular weight is 288 g/mol. The molecule has 21 heavy (non-hydrogen) atoms. The molecule has 2 aromatic rings. The molecule has 1 heterocycles. The highest BCUT2D eigenvalue weighted by molar-refractivity contribution is 5.79. The van der Waals surface area contributed by atoms with E-state index in [9.17, 15) is 4.39 Å². The van der Waals surface area contributed by atoms with E-state index < -0.39 is 0 Å². The van der Waals surface area contributed by atoms with Crippen molar-refractivity contribution >= 4 is 5.96 Å². The van der Waals surface area contributed by atoms with E-state index in [1.54, 1.807) is 12.1 Å². The van der Waals surface area contributed by atoms with E-state index in [1.807, 2.05) is 37.5 Å². The highest BCUT2D eigenvalue weighted by Crippen LogP contribution is 2.07. The van der Waals surface area contributed by atoms with Crippen molar-refractivity contribution in [3.8, 4) is 0 Å². The Morgan fingerprint density at radius 2 is 1.90 bits per heavy atom. The number of benzene rings is 1. The Morgan fingerprint density at radius 1 is 1.14 bits per heavy atom. The smallest absolute Gasteiger partial charge is 0.191 e. The fraction of sp³-hybridized carbons (Fsp3) is 0.312. The number of guanidine groups is 1. The van der Waals surface area contributed by atoms with Crippen LogP contribution in [0.25, 0.3) is 0 Å². The van der Waals surface area contributed by atoms with Crippen LogP contribution in [-0.2, 0) is 13.1 Å². The summed E-state index contributed by atoms with van der Waals surface area (Å²) in [5, 5.41) is 6.40. The average Bonchev–Trinajstić information content (AvgIpc) is 2.99. The summed E-state index contributed by atoms with van der Waals surface area (Å²) in [4.78, 5) is 4.41. The van der Waals surface area contributed by atoms with E-state index in [1.165, 1.54) is 6.07 Å². The summed E-state index contributed by atoms with van der Waals surface area (Å²) in [5.74, 6) is 0.484. The van der Waals surface area contributed by atoms with Gasteiger partial charge in [-0.05, 0) is 25.1 Å². The number of aromatic nitrogens is 1. The molecule has 0 aliphatic rings. The molecular formula is C16H21FN4. The predicted molar refractivity (Wildman–Crippen MR) is 83.7 cm³/mol. The lowest BCUT2D eigenvalue weighted by molar-refractivity contribution is 0.609. The van der Waals surface area contributed by atoms with Crippen LogP contribution in [0.15, 0.2) is 53.8 Å². The van der Waals surface area contributed by atoms with Crippen molar-refractivity contribution in [3.63, 3.8) is 0 Å². The van der Waals surface area contributed by atoms with Crippen LogP contribution in [0, 0.1) is 5.82 Å². The molecule has 0 spiro atoms. The van der Waals surface area contributed by atoms with Gasteiger partial charge in [0, 0.05) is 37.6 Å². The molecule has 0 fully saturated rings. The first-order chi connectivity index (χ1) is 10.3. The van der Waals surface area contributed by atoms with Crippen molar-refractivity contribution in [2.24, 2.45) is 4.99 Å². The summed E-state index contributed by atoms with van der Waals surface area (Å²) in [5.41, 5.74) is 0.597. The summed E-state index contributed by atoms with van der Waals surface area (Å²) in [7, 11) is 0. The molecule has 0 aliphatic heterocycles. The third-order valence-electron chi connectivity index (χ3n) is 3.04. The fourth-order valence-corrected chi connectivity index (χ4v) is 1.96. The first-order valence-electron chi connectivity index (χ1n) is 7.16. The normalized spacial score (nSPS) is 11.4. The molecule has 0 atom stereocenters. The van der Waals surface area contributed by atoms with Crippen molar-refractivity contribution in [3.05, 3.63) is 60.2 Å². The Labute approximate surface area is 124 Å². The second-order valence-electron chi connectivity index (χ2n) is 4.63. The van der Waals surface area contributed by atoms with Gasteiger partial charge in [0.05, 0.1) is 6.54 Å². The molecule has 4 nitrogen and oxygen atoms in total. The van der Waals surface area contributed by atoms with Gasteiger partial charge in [0.1, 0.15) is 5.82 Å². The maximum Gasteiger partial charge on any atom is 0.191 e. The first-order valence-corrected chi connectivity index (χ1v) is 7.16. The highest BCUT2D eigenvalue weighted by atomic mass is 19.1. The predicted octanol–water partition coefficient (Wildman–Crippen LogP) is 2.38. The van der Waals surface area contributed by atoms with E-state index in [0.717, 1.165) is 19.6 Å². The molecule has 0 radical (unpaired) electrons. The molecule has 1 aromatic carbocycles. The summed E-state index contributed by atoms with van der Waals surface area (Å²) < 4.78 is 15.6. The van der Waals surface area contributed by atoms with Crippen LogP contribution in [-0.4, -0.2) is 23.6 Å². The number of nitrogens with one attached hydrogen (secondary N) is 2. The summed E-state index contributed by atoms with van der Waals surface area (Å²) in [6, 6.07) is 10.7. The Kier molecular flexibility index (Phi) is 5.82. The van der Waals surface area contributed by atoms with Crippen LogP contribution >= 0.6 is 0 Å². The molecule has 0 bridgehead atoms. The number of rotatable bonds is 6. The summed E-state index contributed by atoms with van der Waals surface area (Å²) in [6.45, 7) is 4.72. The van der Waals surface area contributed by atoms with E-state index in [-0.39, 0.29) is 5.82 Å². The van der Waals surface area contributed by atoms with Crippen LogP contribution in [0.4, 0.5) is 4.39 Å². The van der Waals surface area contributed by atoms with E-state index in [0.29, 0.717) is 18.1 Å². The van der Waals surface area contributed by atoms with Crippen molar-refractivity contribution in [2.45, 2.75) is 20.0 Å². The largest absolute Gasteiger partial charge is 0.357 e. The first kappa shape index (κ1) is 15.1. The highest BCUT2D eigenvalue weighted by Gasteiger charge is 2.01. The Morgan fingerprint density at radius 3 is 2.62 bits per heavy atom.